The number of rotatable bonds is 9. The first kappa shape index (κ1) is 25.4. The third-order valence-electron chi connectivity index (χ3n) is 6.47. The second-order valence-electron chi connectivity index (χ2n) is 9.18. The Bertz CT molecular complexity index is 1210. The number of anilines is 2. The number of pyridine rings is 1. The Kier molecular flexibility index (Phi) is 7.11. The molecule has 1 aromatic heterocycles. The zero-order valence-corrected chi connectivity index (χ0v) is 22.2. The molecule has 7 nitrogen and oxygen atoms in total. The number of hydrogen-bond acceptors (Lipinski definition) is 7. The number of nitrogens with zero attached hydrogens (tertiary/aromatic N) is 3. The monoisotopic (exact) mass is 489 g/mol. The van der Waals surface area contributed by atoms with Crippen LogP contribution < -0.4 is 19.3 Å². The largest absolute Gasteiger partial charge is 0.493 e. The summed E-state index contributed by atoms with van der Waals surface area (Å²) in [7, 11) is 7.91. The molecule has 1 aliphatic rings. The minimum atomic E-state index is -1.33. The van der Waals surface area contributed by atoms with Crippen molar-refractivity contribution in [1.82, 2.24) is 4.98 Å². The number of fused-ring (bicyclic) bond motifs is 1. The van der Waals surface area contributed by atoms with Crippen LogP contribution >= 0.6 is 0 Å². The molecule has 0 amide bonds. The predicted molar refractivity (Wildman–Crippen MR) is 143 cm³/mol. The summed E-state index contributed by atoms with van der Waals surface area (Å²) < 4.78 is 18.7. The van der Waals surface area contributed by atoms with E-state index in [2.05, 4.69) is 0 Å². The van der Waals surface area contributed by atoms with Crippen LogP contribution in [0.3, 0.4) is 0 Å². The highest BCUT2D eigenvalue weighted by Gasteiger charge is 2.53. The molecule has 0 unspecified atom stereocenters. The third-order valence-corrected chi connectivity index (χ3v) is 6.47. The van der Waals surface area contributed by atoms with E-state index in [-0.39, 0.29) is 0 Å². The minimum absolute atomic E-state index is 0.411. The molecule has 2 aromatic carbocycles. The van der Waals surface area contributed by atoms with Crippen LogP contribution in [0.25, 0.3) is 0 Å². The van der Waals surface area contributed by atoms with Crippen LogP contribution in [0.1, 0.15) is 53.5 Å². The lowest BCUT2D eigenvalue weighted by Gasteiger charge is -2.33. The number of ether oxygens (including phenoxy) is 3. The highest BCUT2D eigenvalue weighted by atomic mass is 16.6. The standard InChI is InChI=1S/C29H35N3O4/c1-8-19-15-22-27(30-18-19)29(36-28(22)33,23-13-11-20(31(4)5)16-25(23)34-9-2)24-14-12-21(32(6)7)17-26(24)35-10-3/h11-18H,8-10H2,1-7H3. The van der Waals surface area contributed by atoms with Gasteiger partial charge in [-0.2, -0.15) is 0 Å². The Morgan fingerprint density at radius 1 is 0.833 bits per heavy atom. The van der Waals surface area contributed by atoms with Gasteiger partial charge < -0.3 is 24.0 Å². The lowest BCUT2D eigenvalue weighted by Crippen LogP contribution is -2.32. The normalized spacial score (nSPS) is 13.7. The average Bonchev–Trinajstić information content (AvgIpc) is 3.16. The van der Waals surface area contributed by atoms with Crippen molar-refractivity contribution in [2.75, 3.05) is 51.2 Å². The number of benzene rings is 2. The van der Waals surface area contributed by atoms with Crippen LogP contribution in [0.2, 0.25) is 0 Å². The van der Waals surface area contributed by atoms with Crippen LogP contribution in [0.5, 0.6) is 11.5 Å². The highest BCUT2D eigenvalue weighted by molar-refractivity contribution is 5.96. The quantitative estimate of drug-likeness (QED) is 0.390. The Balaban J connectivity index is 2.09. The van der Waals surface area contributed by atoms with Crippen molar-refractivity contribution in [3.63, 3.8) is 0 Å². The van der Waals surface area contributed by atoms with E-state index in [1.165, 1.54) is 0 Å². The zero-order valence-electron chi connectivity index (χ0n) is 22.2. The summed E-state index contributed by atoms with van der Waals surface area (Å²) in [5.41, 5.74) is 4.02. The maximum atomic E-state index is 13.4. The molecule has 4 rings (SSSR count). The summed E-state index contributed by atoms with van der Waals surface area (Å²) in [4.78, 5) is 22.3. The van der Waals surface area contributed by atoms with Crippen LogP contribution in [-0.4, -0.2) is 52.4 Å². The summed E-state index contributed by atoms with van der Waals surface area (Å²) in [6, 6.07) is 13.8. The van der Waals surface area contributed by atoms with Crippen molar-refractivity contribution in [1.29, 1.82) is 0 Å². The van der Waals surface area contributed by atoms with Crippen molar-refractivity contribution in [2.24, 2.45) is 0 Å². The minimum Gasteiger partial charge on any atom is -0.493 e. The van der Waals surface area contributed by atoms with Gasteiger partial charge in [0.15, 0.2) is 0 Å². The molecule has 1 aliphatic heterocycles. The summed E-state index contributed by atoms with van der Waals surface area (Å²) in [5, 5.41) is 0. The van der Waals surface area contributed by atoms with Crippen molar-refractivity contribution in [3.8, 4) is 11.5 Å². The van der Waals surface area contributed by atoms with Crippen molar-refractivity contribution in [2.45, 2.75) is 32.8 Å². The molecule has 2 heterocycles. The van der Waals surface area contributed by atoms with E-state index >= 15 is 0 Å². The summed E-state index contributed by atoms with van der Waals surface area (Å²) >= 11 is 0. The molecule has 0 N–H and O–H groups in total. The van der Waals surface area contributed by atoms with Gasteiger partial charge >= 0.3 is 5.97 Å². The molecule has 0 radical (unpaired) electrons. The van der Waals surface area contributed by atoms with E-state index in [0.717, 1.165) is 23.4 Å². The molecular weight excluding hydrogens is 454 g/mol. The first-order valence-electron chi connectivity index (χ1n) is 12.4. The van der Waals surface area contributed by atoms with E-state index in [4.69, 9.17) is 19.2 Å². The Morgan fingerprint density at radius 3 is 1.81 bits per heavy atom. The van der Waals surface area contributed by atoms with Crippen molar-refractivity contribution >= 4 is 17.3 Å². The fourth-order valence-electron chi connectivity index (χ4n) is 4.60. The van der Waals surface area contributed by atoms with E-state index in [9.17, 15) is 4.79 Å². The van der Waals surface area contributed by atoms with Gasteiger partial charge in [-0.3, -0.25) is 4.98 Å². The maximum absolute atomic E-state index is 13.4. The SMILES string of the molecule is CCOc1cc(N(C)C)ccc1C1(c2ccc(N(C)C)cc2OCC)OC(=O)c2cc(CC)cnc21. The average molecular weight is 490 g/mol. The Morgan fingerprint density at radius 2 is 1.36 bits per heavy atom. The molecule has 0 saturated carbocycles. The van der Waals surface area contributed by atoms with Gasteiger partial charge in [0.1, 0.15) is 17.2 Å². The molecule has 0 atom stereocenters. The van der Waals surface area contributed by atoms with Crippen LogP contribution in [0, 0.1) is 0 Å². The topological polar surface area (TPSA) is 64.1 Å². The number of cyclic esters (lactones) is 1. The molecule has 7 heteroatoms. The number of hydrogen-bond donors (Lipinski definition) is 0. The van der Waals surface area contributed by atoms with Gasteiger partial charge in [0.05, 0.1) is 18.8 Å². The second kappa shape index (κ2) is 10.1. The van der Waals surface area contributed by atoms with Gasteiger partial charge in [0, 0.05) is 69.0 Å². The zero-order chi connectivity index (χ0) is 26.0. The molecule has 0 aliphatic carbocycles. The molecule has 0 saturated heterocycles. The fraction of sp³-hybridized carbons (Fsp3) is 0.379. The first-order chi connectivity index (χ1) is 17.3. The lowest BCUT2D eigenvalue weighted by atomic mass is 9.81. The number of carbonyl (C=O) groups excluding carboxylic acids is 1. The van der Waals surface area contributed by atoms with Gasteiger partial charge in [0.2, 0.25) is 5.60 Å². The number of esters is 1. The molecule has 36 heavy (non-hydrogen) atoms. The number of aryl methyl sites for hydroxylation is 1. The van der Waals surface area contributed by atoms with Gasteiger partial charge in [-0.1, -0.05) is 6.92 Å². The van der Waals surface area contributed by atoms with E-state index < -0.39 is 11.6 Å². The van der Waals surface area contributed by atoms with Crippen molar-refractivity contribution in [3.05, 3.63) is 76.6 Å². The van der Waals surface area contributed by atoms with Gasteiger partial charge in [-0.25, -0.2) is 4.79 Å². The summed E-state index contributed by atoms with van der Waals surface area (Å²) in [5.74, 6) is 0.848. The Labute approximate surface area is 213 Å². The summed E-state index contributed by atoms with van der Waals surface area (Å²) in [6.07, 6.45) is 2.59. The van der Waals surface area contributed by atoms with Gasteiger partial charge in [-0.05, 0) is 56.2 Å². The number of carbonyl (C=O) groups is 1. The van der Waals surface area contributed by atoms with Crippen LogP contribution in [0.15, 0.2) is 48.7 Å². The third kappa shape index (κ3) is 4.23. The van der Waals surface area contributed by atoms with Crippen LogP contribution in [0.4, 0.5) is 11.4 Å². The van der Waals surface area contributed by atoms with Gasteiger partial charge in [-0.15, -0.1) is 0 Å². The van der Waals surface area contributed by atoms with Crippen molar-refractivity contribution < 1.29 is 19.0 Å². The molecular formula is C29H35N3O4. The fourth-order valence-corrected chi connectivity index (χ4v) is 4.60. The lowest BCUT2D eigenvalue weighted by molar-refractivity contribution is 0.0228. The van der Waals surface area contributed by atoms with Gasteiger partial charge in [0.25, 0.3) is 0 Å². The maximum Gasteiger partial charge on any atom is 0.341 e. The number of aromatic nitrogens is 1. The second-order valence-corrected chi connectivity index (χ2v) is 9.18. The molecule has 190 valence electrons. The smallest absolute Gasteiger partial charge is 0.341 e. The molecule has 0 bridgehead atoms. The van der Waals surface area contributed by atoms with E-state index in [1.54, 1.807) is 0 Å². The molecule has 0 fully saturated rings. The van der Waals surface area contributed by atoms with E-state index in [1.807, 2.05) is 107 Å². The Hall–Kier alpha value is -3.74. The highest BCUT2D eigenvalue weighted by Crippen LogP contribution is 2.52. The molecule has 3 aromatic rings. The predicted octanol–water partition coefficient (Wildman–Crippen LogP) is 5.04. The molecule has 0 spiro atoms. The summed E-state index contributed by atoms with van der Waals surface area (Å²) in [6.45, 7) is 6.84. The first-order valence-corrected chi connectivity index (χ1v) is 12.4. The van der Waals surface area contributed by atoms with Crippen LogP contribution in [-0.2, 0) is 16.8 Å². The van der Waals surface area contributed by atoms with E-state index in [0.29, 0.717) is 47.1 Å².